The number of hydrogen-bond donors (Lipinski definition) is 2. The Morgan fingerprint density at radius 3 is 2.68 bits per heavy atom. The van der Waals surface area contributed by atoms with E-state index < -0.39 is 6.04 Å². The molecular formula is C15H20BrClN2O3. The average Bonchev–Trinajstić information content (AvgIpc) is 2.43. The molecule has 0 heterocycles. The van der Waals surface area contributed by atoms with Crippen LogP contribution >= 0.6 is 27.5 Å². The lowest BCUT2D eigenvalue weighted by atomic mass is 10.2. The van der Waals surface area contributed by atoms with Gasteiger partial charge in [-0.05, 0) is 38.0 Å². The van der Waals surface area contributed by atoms with Gasteiger partial charge in [-0.3, -0.25) is 9.59 Å². The van der Waals surface area contributed by atoms with Gasteiger partial charge in [0, 0.05) is 11.0 Å². The maximum atomic E-state index is 11.8. The van der Waals surface area contributed by atoms with Crippen molar-refractivity contribution in [1.29, 1.82) is 0 Å². The van der Waals surface area contributed by atoms with E-state index in [0.29, 0.717) is 17.3 Å². The van der Waals surface area contributed by atoms with Crippen molar-refractivity contribution in [3.63, 3.8) is 0 Å². The molecule has 1 aromatic carbocycles. The van der Waals surface area contributed by atoms with Crippen molar-refractivity contribution in [3.05, 3.63) is 27.2 Å². The minimum absolute atomic E-state index is 0.201. The van der Waals surface area contributed by atoms with Crippen LogP contribution in [0.15, 0.2) is 16.6 Å². The fourth-order valence-electron chi connectivity index (χ4n) is 1.76. The smallest absolute Gasteiger partial charge is 0.258 e. The first-order chi connectivity index (χ1) is 10.3. The van der Waals surface area contributed by atoms with Crippen LogP contribution in [0.1, 0.15) is 25.8 Å². The quantitative estimate of drug-likeness (QED) is 0.751. The van der Waals surface area contributed by atoms with Crippen LogP contribution < -0.4 is 15.4 Å². The summed E-state index contributed by atoms with van der Waals surface area (Å²) in [6.45, 7) is 5.81. The van der Waals surface area contributed by atoms with Crippen LogP contribution in [-0.2, 0) is 9.59 Å². The number of benzene rings is 1. The molecule has 0 aliphatic carbocycles. The van der Waals surface area contributed by atoms with E-state index in [1.165, 1.54) is 0 Å². The number of rotatable bonds is 7. The molecule has 0 spiro atoms. The average molecular weight is 392 g/mol. The van der Waals surface area contributed by atoms with Crippen LogP contribution in [0.5, 0.6) is 5.75 Å². The van der Waals surface area contributed by atoms with Crippen LogP contribution in [0.25, 0.3) is 0 Å². The molecule has 5 nitrogen and oxygen atoms in total. The molecule has 0 aromatic heterocycles. The zero-order valence-electron chi connectivity index (χ0n) is 12.8. The molecule has 1 atom stereocenters. The van der Waals surface area contributed by atoms with Gasteiger partial charge in [0.05, 0.1) is 5.02 Å². The fourth-order valence-corrected chi connectivity index (χ4v) is 2.78. The van der Waals surface area contributed by atoms with Crippen molar-refractivity contribution in [3.8, 4) is 5.75 Å². The Bertz CT molecular complexity index is 529. The summed E-state index contributed by atoms with van der Waals surface area (Å²) < 4.78 is 6.29. The van der Waals surface area contributed by atoms with Gasteiger partial charge in [-0.1, -0.05) is 34.5 Å². The Hall–Kier alpha value is -1.27. The first kappa shape index (κ1) is 18.8. The van der Waals surface area contributed by atoms with Crippen LogP contribution in [0.2, 0.25) is 5.02 Å². The Labute approximate surface area is 143 Å². The Morgan fingerprint density at radius 2 is 2.09 bits per heavy atom. The number of nitrogens with one attached hydrogen (secondary N) is 2. The number of halogens is 2. The summed E-state index contributed by atoms with van der Waals surface area (Å²) in [4.78, 5) is 23.5. The summed E-state index contributed by atoms with van der Waals surface area (Å²) in [5.41, 5.74) is 0.820. The molecule has 0 fully saturated rings. The van der Waals surface area contributed by atoms with Crippen molar-refractivity contribution in [1.82, 2.24) is 10.6 Å². The zero-order valence-corrected chi connectivity index (χ0v) is 15.2. The highest BCUT2D eigenvalue weighted by Gasteiger charge is 2.16. The Kier molecular flexibility index (Phi) is 7.68. The highest BCUT2D eigenvalue weighted by Crippen LogP contribution is 2.31. The van der Waals surface area contributed by atoms with E-state index in [-0.39, 0.29) is 18.4 Å². The highest BCUT2D eigenvalue weighted by molar-refractivity contribution is 9.10. The molecule has 0 saturated heterocycles. The fraction of sp³-hybridized carbons (Fsp3) is 0.467. The second-order valence-corrected chi connectivity index (χ2v) is 6.23. The molecule has 0 radical (unpaired) electrons. The monoisotopic (exact) mass is 390 g/mol. The first-order valence-corrected chi connectivity index (χ1v) is 8.17. The van der Waals surface area contributed by atoms with Crippen LogP contribution in [-0.4, -0.2) is 31.0 Å². The van der Waals surface area contributed by atoms with Gasteiger partial charge in [0.1, 0.15) is 11.8 Å². The van der Waals surface area contributed by atoms with Gasteiger partial charge in [0.25, 0.3) is 5.91 Å². The van der Waals surface area contributed by atoms with Crippen LogP contribution in [0.3, 0.4) is 0 Å². The van der Waals surface area contributed by atoms with Gasteiger partial charge >= 0.3 is 0 Å². The molecule has 1 aromatic rings. The summed E-state index contributed by atoms with van der Waals surface area (Å²) >= 11 is 9.41. The molecule has 1 rings (SSSR count). The van der Waals surface area contributed by atoms with E-state index in [9.17, 15) is 9.59 Å². The Morgan fingerprint density at radius 1 is 1.41 bits per heavy atom. The van der Waals surface area contributed by atoms with E-state index >= 15 is 0 Å². The lowest BCUT2D eigenvalue weighted by molar-refractivity contribution is -0.129. The van der Waals surface area contributed by atoms with Gasteiger partial charge in [-0.15, -0.1) is 0 Å². The van der Waals surface area contributed by atoms with Gasteiger partial charge in [0.15, 0.2) is 6.61 Å². The molecule has 0 aliphatic rings. The van der Waals surface area contributed by atoms with Crippen molar-refractivity contribution in [2.24, 2.45) is 0 Å². The lowest BCUT2D eigenvalue weighted by Crippen LogP contribution is -2.46. The summed E-state index contributed by atoms with van der Waals surface area (Å²) in [5.74, 6) is -0.131. The summed E-state index contributed by atoms with van der Waals surface area (Å²) in [7, 11) is 0. The number of carbonyl (C=O) groups excluding carboxylic acids is 2. The lowest BCUT2D eigenvalue weighted by Gasteiger charge is -2.15. The first-order valence-electron chi connectivity index (χ1n) is 7.00. The molecule has 0 saturated carbocycles. The van der Waals surface area contributed by atoms with Crippen LogP contribution in [0, 0.1) is 6.92 Å². The second kappa shape index (κ2) is 9.00. The van der Waals surface area contributed by atoms with Crippen molar-refractivity contribution in [2.75, 3.05) is 13.2 Å². The molecular weight excluding hydrogens is 372 g/mol. The van der Waals surface area contributed by atoms with Crippen molar-refractivity contribution >= 4 is 39.3 Å². The van der Waals surface area contributed by atoms with E-state index in [0.717, 1.165) is 16.5 Å². The normalized spacial score (nSPS) is 11.7. The predicted octanol–water partition coefficient (Wildman–Crippen LogP) is 2.82. The highest BCUT2D eigenvalue weighted by atomic mass is 79.9. The Balaban J connectivity index is 2.51. The third-order valence-electron chi connectivity index (χ3n) is 2.86. The molecule has 2 amide bonds. The molecule has 22 heavy (non-hydrogen) atoms. The summed E-state index contributed by atoms with van der Waals surface area (Å²) in [6, 6.07) is 2.94. The summed E-state index contributed by atoms with van der Waals surface area (Å²) in [5, 5.41) is 5.72. The molecule has 2 N–H and O–H groups in total. The largest absolute Gasteiger partial charge is 0.482 e. The minimum Gasteiger partial charge on any atom is -0.482 e. The molecule has 122 valence electrons. The minimum atomic E-state index is -0.607. The van der Waals surface area contributed by atoms with E-state index in [4.69, 9.17) is 16.3 Å². The van der Waals surface area contributed by atoms with E-state index in [1.807, 2.05) is 19.9 Å². The van der Waals surface area contributed by atoms with E-state index in [1.54, 1.807) is 13.0 Å². The molecule has 0 bridgehead atoms. The van der Waals surface area contributed by atoms with Crippen LogP contribution in [0.4, 0.5) is 0 Å². The zero-order chi connectivity index (χ0) is 16.7. The van der Waals surface area contributed by atoms with E-state index in [2.05, 4.69) is 26.6 Å². The van der Waals surface area contributed by atoms with Gasteiger partial charge in [0.2, 0.25) is 5.91 Å². The molecule has 0 aliphatic heterocycles. The van der Waals surface area contributed by atoms with Gasteiger partial charge in [-0.25, -0.2) is 0 Å². The number of hydrogen-bond acceptors (Lipinski definition) is 3. The van der Waals surface area contributed by atoms with Gasteiger partial charge in [-0.2, -0.15) is 0 Å². The van der Waals surface area contributed by atoms with Gasteiger partial charge < -0.3 is 15.4 Å². The third kappa shape index (κ3) is 5.85. The maximum absolute atomic E-state index is 11.8. The number of amides is 2. The van der Waals surface area contributed by atoms with Crippen molar-refractivity contribution in [2.45, 2.75) is 33.2 Å². The SMILES string of the molecule is CCCNC(=O)[C@@H](C)NC(=O)COc1c(C)cc(Br)cc1Cl. The molecule has 7 heteroatoms. The number of carbonyl (C=O) groups is 2. The standard InChI is InChI=1S/C15H20BrClN2O3/c1-4-5-18-15(21)10(3)19-13(20)8-22-14-9(2)6-11(16)7-12(14)17/h6-7,10H,4-5,8H2,1-3H3,(H,18,21)(H,19,20)/t10-/m1/s1. The maximum Gasteiger partial charge on any atom is 0.258 e. The summed E-state index contributed by atoms with van der Waals surface area (Å²) in [6.07, 6.45) is 0.844. The van der Waals surface area contributed by atoms with Crippen molar-refractivity contribution < 1.29 is 14.3 Å². The molecule has 0 unspecified atom stereocenters. The predicted molar refractivity (Wildman–Crippen MR) is 90.3 cm³/mol. The third-order valence-corrected chi connectivity index (χ3v) is 3.60. The number of aryl methyl sites for hydroxylation is 1. The topological polar surface area (TPSA) is 67.4 Å². The second-order valence-electron chi connectivity index (χ2n) is 4.90. The number of ether oxygens (including phenoxy) is 1.